The van der Waals surface area contributed by atoms with Crippen molar-refractivity contribution < 1.29 is 18.7 Å². The van der Waals surface area contributed by atoms with Gasteiger partial charge in [-0.1, -0.05) is 64.5 Å². The van der Waals surface area contributed by atoms with Gasteiger partial charge in [0.05, 0.1) is 0 Å². The molecular formula is C26H26BrFN2O3. The summed E-state index contributed by atoms with van der Waals surface area (Å²) in [5.41, 5.74) is 1.23. The van der Waals surface area contributed by atoms with E-state index >= 15 is 0 Å². The third kappa shape index (κ3) is 7.15. The predicted molar refractivity (Wildman–Crippen MR) is 129 cm³/mol. The van der Waals surface area contributed by atoms with Gasteiger partial charge in [0.25, 0.3) is 5.91 Å². The van der Waals surface area contributed by atoms with Crippen LogP contribution in [-0.2, 0) is 22.6 Å². The van der Waals surface area contributed by atoms with Crippen molar-refractivity contribution in [2.45, 2.75) is 25.9 Å². The maximum atomic E-state index is 14.5. The van der Waals surface area contributed by atoms with Crippen LogP contribution in [0.15, 0.2) is 83.3 Å². The van der Waals surface area contributed by atoms with Crippen LogP contribution in [0.3, 0.4) is 0 Å². The van der Waals surface area contributed by atoms with Crippen molar-refractivity contribution in [3.05, 3.63) is 100 Å². The Morgan fingerprint density at radius 1 is 1.00 bits per heavy atom. The number of hydrogen-bond donors (Lipinski definition) is 1. The van der Waals surface area contributed by atoms with Crippen molar-refractivity contribution in [3.63, 3.8) is 0 Å². The number of carbonyl (C=O) groups is 2. The van der Waals surface area contributed by atoms with E-state index in [2.05, 4.69) is 21.2 Å². The Morgan fingerprint density at radius 2 is 1.67 bits per heavy atom. The van der Waals surface area contributed by atoms with Gasteiger partial charge in [0, 0.05) is 29.5 Å². The molecule has 1 atom stereocenters. The van der Waals surface area contributed by atoms with E-state index in [9.17, 15) is 14.0 Å². The monoisotopic (exact) mass is 512 g/mol. The van der Waals surface area contributed by atoms with Gasteiger partial charge in [-0.15, -0.1) is 0 Å². The predicted octanol–water partition coefficient (Wildman–Crippen LogP) is 4.74. The first-order valence-electron chi connectivity index (χ1n) is 10.7. The Kier molecular flexibility index (Phi) is 9.01. The van der Waals surface area contributed by atoms with E-state index in [0.717, 1.165) is 10.0 Å². The fourth-order valence-electron chi connectivity index (χ4n) is 3.41. The highest BCUT2D eigenvalue weighted by atomic mass is 79.9. The molecule has 33 heavy (non-hydrogen) atoms. The number of amides is 2. The smallest absolute Gasteiger partial charge is 0.261 e. The van der Waals surface area contributed by atoms with Gasteiger partial charge in [0.1, 0.15) is 17.6 Å². The second-order valence-electron chi connectivity index (χ2n) is 7.46. The number of nitrogens with one attached hydrogen (secondary N) is 1. The molecule has 0 spiro atoms. The van der Waals surface area contributed by atoms with Crippen molar-refractivity contribution in [2.24, 2.45) is 0 Å². The standard InChI is InChI=1S/C26H26BrFN2O3/c1-2-29-26(32)24(16-19-8-4-3-5-9-19)30(17-20-10-6-7-11-23(20)28)25(31)18-33-22-14-12-21(27)13-15-22/h3-15,24H,2,16-18H2,1H3,(H,29,32). The van der Waals surface area contributed by atoms with E-state index in [1.54, 1.807) is 30.3 Å². The Morgan fingerprint density at radius 3 is 2.33 bits per heavy atom. The molecule has 0 aliphatic carbocycles. The summed E-state index contributed by atoms with van der Waals surface area (Å²) in [5.74, 6) is -0.614. The minimum Gasteiger partial charge on any atom is -0.484 e. The zero-order valence-corrected chi connectivity index (χ0v) is 19.9. The fraction of sp³-hybridized carbons (Fsp3) is 0.231. The summed E-state index contributed by atoms with van der Waals surface area (Å²) >= 11 is 3.36. The first-order chi connectivity index (χ1) is 16.0. The van der Waals surface area contributed by atoms with Gasteiger partial charge in [-0.25, -0.2) is 4.39 Å². The number of benzene rings is 3. The minimum absolute atomic E-state index is 0.0517. The average molecular weight is 513 g/mol. The highest BCUT2D eigenvalue weighted by molar-refractivity contribution is 9.10. The van der Waals surface area contributed by atoms with Gasteiger partial charge in [-0.3, -0.25) is 9.59 Å². The molecule has 0 saturated heterocycles. The van der Waals surface area contributed by atoms with Gasteiger partial charge in [0.2, 0.25) is 5.91 Å². The van der Waals surface area contributed by atoms with Crippen LogP contribution in [0.2, 0.25) is 0 Å². The topological polar surface area (TPSA) is 58.6 Å². The molecule has 7 heteroatoms. The van der Waals surface area contributed by atoms with E-state index in [1.165, 1.54) is 11.0 Å². The third-order valence-corrected chi connectivity index (χ3v) is 5.63. The summed E-state index contributed by atoms with van der Waals surface area (Å²) in [6, 6.07) is 22.0. The second-order valence-corrected chi connectivity index (χ2v) is 8.37. The molecule has 5 nitrogen and oxygen atoms in total. The summed E-state index contributed by atoms with van der Waals surface area (Å²) in [6.07, 6.45) is 0.297. The number of likely N-dealkylation sites (N-methyl/N-ethyl adjacent to an activating group) is 1. The Bertz CT molecular complexity index is 1060. The van der Waals surface area contributed by atoms with E-state index in [1.807, 2.05) is 49.4 Å². The van der Waals surface area contributed by atoms with Crippen LogP contribution in [0.1, 0.15) is 18.1 Å². The van der Waals surface area contributed by atoms with Crippen LogP contribution in [0.4, 0.5) is 4.39 Å². The molecule has 0 fully saturated rings. The number of nitrogens with zero attached hydrogens (tertiary/aromatic N) is 1. The molecule has 0 heterocycles. The summed E-state index contributed by atoms with van der Waals surface area (Å²) in [4.78, 5) is 27.8. The lowest BCUT2D eigenvalue weighted by Gasteiger charge is -2.31. The number of halogens is 2. The maximum Gasteiger partial charge on any atom is 0.261 e. The molecule has 0 aliphatic heterocycles. The van der Waals surface area contributed by atoms with Crippen molar-refractivity contribution in [1.29, 1.82) is 0 Å². The molecule has 3 aromatic carbocycles. The van der Waals surface area contributed by atoms with Crippen LogP contribution in [0.5, 0.6) is 5.75 Å². The Balaban J connectivity index is 1.89. The molecule has 3 rings (SSSR count). The minimum atomic E-state index is -0.826. The SMILES string of the molecule is CCNC(=O)C(Cc1ccccc1)N(Cc1ccccc1F)C(=O)COc1ccc(Br)cc1. The van der Waals surface area contributed by atoms with Gasteiger partial charge in [-0.05, 0) is 42.8 Å². The highest BCUT2D eigenvalue weighted by Gasteiger charge is 2.31. The summed E-state index contributed by atoms with van der Waals surface area (Å²) < 4.78 is 21.0. The number of carbonyl (C=O) groups excluding carboxylic acids is 2. The third-order valence-electron chi connectivity index (χ3n) is 5.10. The lowest BCUT2D eigenvalue weighted by Crippen LogP contribution is -2.51. The first kappa shape index (κ1) is 24.5. The average Bonchev–Trinajstić information content (AvgIpc) is 2.82. The van der Waals surface area contributed by atoms with Crippen molar-refractivity contribution >= 4 is 27.7 Å². The molecule has 2 amide bonds. The highest BCUT2D eigenvalue weighted by Crippen LogP contribution is 2.19. The zero-order valence-electron chi connectivity index (χ0n) is 18.3. The van der Waals surface area contributed by atoms with Crippen molar-refractivity contribution in [3.8, 4) is 5.75 Å². The quantitative estimate of drug-likeness (QED) is 0.426. The molecule has 3 aromatic rings. The first-order valence-corrected chi connectivity index (χ1v) is 11.5. The van der Waals surface area contributed by atoms with Crippen LogP contribution < -0.4 is 10.1 Å². The van der Waals surface area contributed by atoms with E-state index in [-0.39, 0.29) is 19.1 Å². The summed E-state index contributed by atoms with van der Waals surface area (Å²) in [6.45, 7) is 1.91. The molecule has 0 aliphatic rings. The maximum absolute atomic E-state index is 14.5. The normalized spacial score (nSPS) is 11.5. The zero-order chi connectivity index (χ0) is 23.6. The van der Waals surface area contributed by atoms with Crippen molar-refractivity contribution in [2.75, 3.05) is 13.2 Å². The summed E-state index contributed by atoms with van der Waals surface area (Å²) in [7, 11) is 0. The van der Waals surface area contributed by atoms with E-state index in [0.29, 0.717) is 24.3 Å². The number of ether oxygens (including phenoxy) is 1. The largest absolute Gasteiger partial charge is 0.484 e. The van der Waals surface area contributed by atoms with Crippen LogP contribution in [0, 0.1) is 5.82 Å². The second kappa shape index (κ2) is 12.2. The lowest BCUT2D eigenvalue weighted by molar-refractivity contribution is -0.142. The molecule has 0 aromatic heterocycles. The molecule has 0 bridgehead atoms. The fourth-order valence-corrected chi connectivity index (χ4v) is 3.68. The molecule has 172 valence electrons. The Hall–Kier alpha value is -3.19. The van der Waals surface area contributed by atoms with Crippen LogP contribution in [0.25, 0.3) is 0 Å². The van der Waals surface area contributed by atoms with Gasteiger partial charge >= 0.3 is 0 Å². The molecular weight excluding hydrogens is 487 g/mol. The molecule has 1 unspecified atom stereocenters. The van der Waals surface area contributed by atoms with Gasteiger partial charge < -0.3 is 15.0 Å². The number of rotatable bonds is 10. The van der Waals surface area contributed by atoms with Crippen LogP contribution >= 0.6 is 15.9 Å². The lowest BCUT2D eigenvalue weighted by atomic mass is 10.0. The Labute approximate surface area is 201 Å². The summed E-state index contributed by atoms with van der Waals surface area (Å²) in [5, 5.41) is 2.81. The van der Waals surface area contributed by atoms with Crippen LogP contribution in [-0.4, -0.2) is 35.9 Å². The van der Waals surface area contributed by atoms with Gasteiger partial charge in [0.15, 0.2) is 6.61 Å². The molecule has 1 N–H and O–H groups in total. The molecule has 0 radical (unpaired) electrons. The number of hydrogen-bond acceptors (Lipinski definition) is 3. The van der Waals surface area contributed by atoms with Crippen molar-refractivity contribution in [1.82, 2.24) is 10.2 Å². The van der Waals surface area contributed by atoms with Gasteiger partial charge in [-0.2, -0.15) is 0 Å². The molecule has 0 saturated carbocycles. The van der Waals surface area contributed by atoms with E-state index in [4.69, 9.17) is 4.74 Å². The van der Waals surface area contributed by atoms with E-state index < -0.39 is 17.8 Å².